The Morgan fingerprint density at radius 1 is 1.50 bits per heavy atom. The molecule has 0 radical (unpaired) electrons. The van der Waals surface area contributed by atoms with Crippen molar-refractivity contribution in [2.24, 2.45) is 5.11 Å². The van der Waals surface area contributed by atoms with Gasteiger partial charge in [-0.05, 0) is 30.2 Å². The first-order valence-electron chi connectivity index (χ1n) is 4.94. The summed E-state index contributed by atoms with van der Waals surface area (Å²) < 4.78 is 0. The highest BCUT2D eigenvalue weighted by Crippen LogP contribution is 2.22. The van der Waals surface area contributed by atoms with Gasteiger partial charge in [0.15, 0.2) is 0 Å². The number of rotatable bonds is 5. The van der Waals surface area contributed by atoms with E-state index in [0.29, 0.717) is 0 Å². The predicted molar refractivity (Wildman–Crippen MR) is 61.7 cm³/mol. The highest BCUT2D eigenvalue weighted by molar-refractivity contribution is 5.82. The lowest BCUT2D eigenvalue weighted by molar-refractivity contribution is -0.384. The Kier molecular flexibility index (Phi) is 4.36. The summed E-state index contributed by atoms with van der Waals surface area (Å²) in [6.45, 7) is 1.19. The van der Waals surface area contributed by atoms with Crippen LogP contribution >= 0.6 is 0 Å². The number of aliphatic hydroxyl groups excluding tert-OH is 1. The number of nitro groups is 1. The maximum absolute atomic E-state index is 11.2. The largest absolute Gasteiger partial charge is 0.388 e. The maximum atomic E-state index is 11.2. The number of hydrogen-bond acceptors (Lipinski definition) is 5. The summed E-state index contributed by atoms with van der Waals surface area (Å²) in [7, 11) is 0. The lowest BCUT2D eigenvalue weighted by Crippen LogP contribution is -2.23. The Labute approximate surface area is 102 Å². The van der Waals surface area contributed by atoms with E-state index in [0.717, 1.165) is 0 Å². The minimum absolute atomic E-state index is 0.130. The van der Waals surface area contributed by atoms with Gasteiger partial charge < -0.3 is 5.11 Å². The Morgan fingerprint density at radius 3 is 2.44 bits per heavy atom. The van der Waals surface area contributed by atoms with E-state index in [9.17, 15) is 20.0 Å². The molecule has 0 spiro atoms. The van der Waals surface area contributed by atoms with Crippen LogP contribution < -0.4 is 0 Å². The van der Waals surface area contributed by atoms with E-state index in [1.54, 1.807) is 0 Å². The number of ketones is 1. The molecule has 1 rings (SSSR count). The lowest BCUT2D eigenvalue weighted by Gasteiger charge is -2.15. The normalized spacial score (nSPS) is 13.2. The summed E-state index contributed by atoms with van der Waals surface area (Å²) in [5.74, 6) is -0.487. The lowest BCUT2D eigenvalue weighted by atomic mass is 10.00. The van der Waals surface area contributed by atoms with Crippen molar-refractivity contribution in [3.63, 3.8) is 0 Å². The monoisotopic (exact) mass is 250 g/mol. The van der Waals surface area contributed by atoms with E-state index >= 15 is 0 Å². The molecule has 1 aromatic rings. The standard InChI is InChI=1S/C10H10N4O4/c1-6(15)9(12-13-11)10(16)7-2-4-8(5-3-7)14(17)18/h2-5,9-10,16H,1H3/t9-,10+/m1/s1. The van der Waals surface area contributed by atoms with Gasteiger partial charge >= 0.3 is 0 Å². The molecule has 0 unspecified atom stereocenters. The number of carbonyl (C=O) groups is 1. The van der Waals surface area contributed by atoms with Crippen LogP contribution in [0.4, 0.5) is 5.69 Å². The molecule has 1 aromatic carbocycles. The topological polar surface area (TPSA) is 129 Å². The molecule has 0 bridgehead atoms. The van der Waals surface area contributed by atoms with Crippen LogP contribution in [-0.2, 0) is 4.79 Å². The molecule has 8 heteroatoms. The van der Waals surface area contributed by atoms with E-state index in [1.165, 1.54) is 31.2 Å². The zero-order valence-electron chi connectivity index (χ0n) is 9.42. The molecule has 0 fully saturated rings. The number of non-ortho nitro benzene ring substituents is 1. The molecule has 18 heavy (non-hydrogen) atoms. The quantitative estimate of drug-likeness (QED) is 0.281. The molecule has 0 aliphatic rings. The Balaban J connectivity index is 3.01. The van der Waals surface area contributed by atoms with Gasteiger partial charge in [-0.25, -0.2) is 0 Å². The highest BCUT2D eigenvalue weighted by atomic mass is 16.6. The van der Waals surface area contributed by atoms with Gasteiger partial charge in [-0.1, -0.05) is 5.11 Å². The first kappa shape index (κ1) is 13.6. The van der Waals surface area contributed by atoms with E-state index in [2.05, 4.69) is 10.0 Å². The molecule has 1 N–H and O–H groups in total. The van der Waals surface area contributed by atoms with Crippen LogP contribution in [0.5, 0.6) is 0 Å². The third-order valence-electron chi connectivity index (χ3n) is 2.34. The van der Waals surface area contributed by atoms with Crippen molar-refractivity contribution in [2.75, 3.05) is 0 Å². The molecule has 2 atom stereocenters. The molecule has 8 nitrogen and oxygen atoms in total. The van der Waals surface area contributed by atoms with E-state index < -0.39 is 22.9 Å². The zero-order valence-corrected chi connectivity index (χ0v) is 9.42. The van der Waals surface area contributed by atoms with E-state index in [-0.39, 0.29) is 11.3 Å². The molecule has 0 aromatic heterocycles. The number of nitrogens with zero attached hydrogens (tertiary/aromatic N) is 4. The number of benzene rings is 1. The van der Waals surface area contributed by atoms with Crippen molar-refractivity contribution in [1.82, 2.24) is 0 Å². The third kappa shape index (κ3) is 3.03. The molecule has 0 amide bonds. The fourth-order valence-corrected chi connectivity index (χ4v) is 1.40. The molecule has 0 heterocycles. The summed E-state index contributed by atoms with van der Waals surface area (Å²) >= 11 is 0. The van der Waals surface area contributed by atoms with Crippen molar-refractivity contribution >= 4 is 11.5 Å². The second-order valence-corrected chi connectivity index (χ2v) is 3.55. The molecule has 0 saturated carbocycles. The summed E-state index contributed by atoms with van der Waals surface area (Å²) in [4.78, 5) is 23.5. The summed E-state index contributed by atoms with van der Waals surface area (Å²) in [6.07, 6.45) is -1.32. The van der Waals surface area contributed by atoms with Gasteiger partial charge in [-0.3, -0.25) is 14.9 Å². The van der Waals surface area contributed by atoms with Crippen LogP contribution in [0.3, 0.4) is 0 Å². The average molecular weight is 250 g/mol. The Bertz CT molecular complexity index is 505. The van der Waals surface area contributed by atoms with Crippen molar-refractivity contribution < 1.29 is 14.8 Å². The van der Waals surface area contributed by atoms with E-state index in [1.807, 2.05) is 0 Å². The van der Waals surface area contributed by atoms with Crippen molar-refractivity contribution in [1.29, 1.82) is 0 Å². The van der Waals surface area contributed by atoms with Crippen LogP contribution in [0.2, 0.25) is 0 Å². The van der Waals surface area contributed by atoms with Crippen LogP contribution in [0.25, 0.3) is 10.4 Å². The first-order valence-corrected chi connectivity index (χ1v) is 4.94. The number of Topliss-reactive ketones (excluding diaryl/α,β-unsaturated/α-hetero) is 1. The van der Waals surface area contributed by atoms with Gasteiger partial charge in [0.2, 0.25) is 0 Å². The van der Waals surface area contributed by atoms with Crippen molar-refractivity contribution in [3.05, 3.63) is 50.4 Å². The minimum atomic E-state index is -1.32. The van der Waals surface area contributed by atoms with Gasteiger partial charge in [-0.2, -0.15) is 0 Å². The first-order chi connectivity index (χ1) is 8.47. The number of azide groups is 1. The highest BCUT2D eigenvalue weighted by Gasteiger charge is 2.24. The minimum Gasteiger partial charge on any atom is -0.388 e. The third-order valence-corrected chi connectivity index (χ3v) is 2.34. The number of hydrogen-bond donors (Lipinski definition) is 1. The van der Waals surface area contributed by atoms with Gasteiger partial charge in [0, 0.05) is 17.0 Å². The summed E-state index contributed by atoms with van der Waals surface area (Å²) in [5.41, 5.74) is 8.44. The van der Waals surface area contributed by atoms with Crippen LogP contribution in [0, 0.1) is 10.1 Å². The summed E-state index contributed by atoms with van der Waals surface area (Å²) in [6, 6.07) is 3.78. The second kappa shape index (κ2) is 5.76. The molecule has 94 valence electrons. The molecule has 0 aliphatic heterocycles. The van der Waals surface area contributed by atoms with Crippen LogP contribution in [0.15, 0.2) is 29.4 Å². The number of nitro benzene ring substituents is 1. The maximum Gasteiger partial charge on any atom is 0.269 e. The van der Waals surface area contributed by atoms with Gasteiger partial charge in [0.1, 0.15) is 11.8 Å². The average Bonchev–Trinajstić information content (AvgIpc) is 2.35. The fourth-order valence-electron chi connectivity index (χ4n) is 1.40. The van der Waals surface area contributed by atoms with E-state index in [4.69, 9.17) is 5.53 Å². The second-order valence-electron chi connectivity index (χ2n) is 3.55. The fraction of sp³-hybridized carbons (Fsp3) is 0.300. The van der Waals surface area contributed by atoms with Gasteiger partial charge in [0.05, 0.1) is 11.0 Å². The Morgan fingerprint density at radius 2 is 2.06 bits per heavy atom. The van der Waals surface area contributed by atoms with Gasteiger partial charge in [0.25, 0.3) is 5.69 Å². The van der Waals surface area contributed by atoms with Crippen LogP contribution in [-0.4, -0.2) is 21.9 Å². The summed E-state index contributed by atoms with van der Waals surface area (Å²) in [5, 5.41) is 23.5. The van der Waals surface area contributed by atoms with Crippen molar-refractivity contribution in [3.8, 4) is 0 Å². The predicted octanol–water partition coefficient (Wildman–Crippen LogP) is 1.90. The molecular formula is C10H10N4O4. The SMILES string of the molecule is CC(=O)[C@@H](N=[N+]=[N-])[C@@H](O)c1ccc([N+](=O)[O-])cc1. The smallest absolute Gasteiger partial charge is 0.269 e. The molecule has 0 saturated heterocycles. The number of aliphatic hydroxyl groups is 1. The molecule has 0 aliphatic carbocycles. The molecular weight excluding hydrogens is 240 g/mol. The van der Waals surface area contributed by atoms with Crippen LogP contribution in [0.1, 0.15) is 18.6 Å². The zero-order chi connectivity index (χ0) is 13.7. The Hall–Kier alpha value is -2.44. The van der Waals surface area contributed by atoms with Gasteiger partial charge in [-0.15, -0.1) is 0 Å². The van der Waals surface area contributed by atoms with Crippen molar-refractivity contribution in [2.45, 2.75) is 19.1 Å². The number of carbonyl (C=O) groups excluding carboxylic acids is 1.